The average Bonchev–Trinajstić information content (AvgIpc) is 1.92. The van der Waals surface area contributed by atoms with E-state index in [9.17, 15) is 8.42 Å². The maximum absolute atomic E-state index is 11.0. The van der Waals surface area contributed by atoms with Crippen molar-refractivity contribution in [2.75, 3.05) is 6.26 Å². The Morgan fingerprint density at radius 2 is 1.93 bits per heavy atom. The molecule has 0 radical (unpaired) electrons. The monoisotopic (exact) mass is 220 g/mol. The van der Waals surface area contributed by atoms with Crippen LogP contribution in [0.5, 0.6) is 0 Å². The molecule has 0 aromatic carbocycles. The van der Waals surface area contributed by atoms with E-state index in [0.29, 0.717) is 11.3 Å². The topological polar surface area (TPSA) is 43.4 Å². The summed E-state index contributed by atoms with van der Waals surface area (Å²) in [6.07, 6.45) is 3.93. The molecule has 0 aromatic rings. The molecule has 1 rings (SSSR count). The minimum absolute atomic E-state index is 0.113. The molecule has 84 valence electrons. The Morgan fingerprint density at radius 1 is 1.36 bits per heavy atom. The van der Waals surface area contributed by atoms with Crippen molar-refractivity contribution in [3.05, 3.63) is 0 Å². The van der Waals surface area contributed by atoms with Gasteiger partial charge in [-0.1, -0.05) is 20.8 Å². The summed E-state index contributed by atoms with van der Waals surface area (Å²) in [5.74, 6) is 0.327. The number of rotatable bonds is 2. The molecule has 1 saturated carbocycles. The Bertz CT molecular complexity index is 292. The molecule has 0 N–H and O–H groups in total. The summed E-state index contributed by atoms with van der Waals surface area (Å²) >= 11 is 0. The number of hydrogen-bond acceptors (Lipinski definition) is 3. The van der Waals surface area contributed by atoms with Gasteiger partial charge in [-0.05, 0) is 30.6 Å². The van der Waals surface area contributed by atoms with Gasteiger partial charge in [-0.2, -0.15) is 8.42 Å². The first-order valence-electron chi connectivity index (χ1n) is 5.08. The predicted molar refractivity (Wildman–Crippen MR) is 56.5 cm³/mol. The maximum Gasteiger partial charge on any atom is 0.264 e. The molecule has 1 aliphatic rings. The quantitative estimate of drug-likeness (QED) is 0.670. The van der Waals surface area contributed by atoms with Crippen LogP contribution in [0.3, 0.4) is 0 Å². The second-order valence-corrected chi connectivity index (χ2v) is 6.82. The van der Waals surface area contributed by atoms with E-state index >= 15 is 0 Å². The van der Waals surface area contributed by atoms with Crippen molar-refractivity contribution in [3.63, 3.8) is 0 Å². The highest BCUT2D eigenvalue weighted by atomic mass is 32.2. The molecule has 0 heterocycles. The summed E-state index contributed by atoms with van der Waals surface area (Å²) in [5, 5.41) is 0. The van der Waals surface area contributed by atoms with Crippen LogP contribution in [-0.2, 0) is 14.3 Å². The summed E-state index contributed by atoms with van der Waals surface area (Å²) in [7, 11) is -3.29. The van der Waals surface area contributed by atoms with E-state index in [1.165, 1.54) is 0 Å². The standard InChI is InChI=1S/C10H20O3S/c1-8-7-10(2,3)6-5-9(8)13-14(4,11)12/h8-9H,5-7H2,1-4H3. The summed E-state index contributed by atoms with van der Waals surface area (Å²) in [4.78, 5) is 0. The minimum Gasteiger partial charge on any atom is -0.267 e. The molecule has 0 spiro atoms. The Labute approximate surface area is 87.0 Å². The Hall–Kier alpha value is -0.0900. The maximum atomic E-state index is 11.0. The fourth-order valence-electron chi connectivity index (χ4n) is 2.29. The van der Waals surface area contributed by atoms with Gasteiger partial charge in [-0.25, -0.2) is 0 Å². The zero-order valence-corrected chi connectivity index (χ0v) is 10.2. The molecule has 0 saturated heterocycles. The molecule has 1 aliphatic carbocycles. The van der Waals surface area contributed by atoms with Crippen molar-refractivity contribution in [3.8, 4) is 0 Å². The van der Waals surface area contributed by atoms with Crippen LogP contribution in [0.4, 0.5) is 0 Å². The zero-order chi connectivity index (χ0) is 11.0. The van der Waals surface area contributed by atoms with Gasteiger partial charge in [0.2, 0.25) is 0 Å². The van der Waals surface area contributed by atoms with Crippen LogP contribution >= 0.6 is 0 Å². The third kappa shape index (κ3) is 3.58. The fourth-order valence-corrected chi connectivity index (χ4v) is 3.03. The Balaban J connectivity index is 2.59. The normalized spacial score (nSPS) is 32.9. The van der Waals surface area contributed by atoms with Crippen LogP contribution in [0, 0.1) is 11.3 Å². The first-order valence-corrected chi connectivity index (χ1v) is 6.89. The number of hydrogen-bond donors (Lipinski definition) is 0. The van der Waals surface area contributed by atoms with Crippen LogP contribution in [-0.4, -0.2) is 20.8 Å². The van der Waals surface area contributed by atoms with E-state index in [4.69, 9.17) is 4.18 Å². The molecule has 1 fully saturated rings. The van der Waals surface area contributed by atoms with Crippen molar-refractivity contribution >= 4 is 10.1 Å². The van der Waals surface area contributed by atoms with Gasteiger partial charge in [-0.3, -0.25) is 4.18 Å². The minimum atomic E-state index is -3.29. The molecule has 14 heavy (non-hydrogen) atoms. The summed E-state index contributed by atoms with van der Waals surface area (Å²) in [6.45, 7) is 6.51. The van der Waals surface area contributed by atoms with Gasteiger partial charge in [0.05, 0.1) is 12.4 Å². The van der Waals surface area contributed by atoms with Crippen LogP contribution < -0.4 is 0 Å². The van der Waals surface area contributed by atoms with Gasteiger partial charge in [-0.15, -0.1) is 0 Å². The lowest BCUT2D eigenvalue weighted by Crippen LogP contribution is -2.34. The molecule has 2 unspecified atom stereocenters. The lowest BCUT2D eigenvalue weighted by Gasteiger charge is -2.38. The van der Waals surface area contributed by atoms with Crippen LogP contribution in [0.15, 0.2) is 0 Å². The van der Waals surface area contributed by atoms with Crippen LogP contribution in [0.25, 0.3) is 0 Å². The molecule has 0 amide bonds. The lowest BCUT2D eigenvalue weighted by molar-refractivity contribution is 0.0533. The van der Waals surface area contributed by atoms with E-state index in [0.717, 1.165) is 25.5 Å². The third-order valence-corrected chi connectivity index (χ3v) is 3.51. The van der Waals surface area contributed by atoms with Crippen LogP contribution in [0.2, 0.25) is 0 Å². The SMILES string of the molecule is CC1CC(C)(C)CCC1OS(C)(=O)=O. The van der Waals surface area contributed by atoms with Crippen molar-refractivity contribution in [2.45, 2.75) is 46.1 Å². The van der Waals surface area contributed by atoms with E-state index < -0.39 is 10.1 Å². The highest BCUT2D eigenvalue weighted by Crippen LogP contribution is 2.39. The molecule has 3 nitrogen and oxygen atoms in total. The summed E-state index contributed by atoms with van der Waals surface area (Å²) < 4.78 is 27.0. The smallest absolute Gasteiger partial charge is 0.264 e. The highest BCUT2D eigenvalue weighted by molar-refractivity contribution is 7.86. The Morgan fingerprint density at radius 3 is 2.36 bits per heavy atom. The highest BCUT2D eigenvalue weighted by Gasteiger charge is 2.34. The summed E-state index contributed by atoms with van der Waals surface area (Å²) in [5.41, 5.74) is 0.330. The van der Waals surface area contributed by atoms with Crippen LogP contribution in [0.1, 0.15) is 40.0 Å². The molecular formula is C10H20O3S. The molecule has 0 bridgehead atoms. The zero-order valence-electron chi connectivity index (χ0n) is 9.41. The van der Waals surface area contributed by atoms with Gasteiger partial charge in [0.25, 0.3) is 10.1 Å². The van der Waals surface area contributed by atoms with E-state index in [1.54, 1.807) is 0 Å². The second kappa shape index (κ2) is 3.81. The lowest BCUT2D eigenvalue weighted by atomic mass is 9.71. The first kappa shape index (κ1) is 12.0. The largest absolute Gasteiger partial charge is 0.267 e. The second-order valence-electron chi connectivity index (χ2n) is 5.22. The van der Waals surface area contributed by atoms with Gasteiger partial charge in [0.15, 0.2) is 0 Å². The van der Waals surface area contributed by atoms with Crippen molar-refractivity contribution in [1.82, 2.24) is 0 Å². The van der Waals surface area contributed by atoms with E-state index in [2.05, 4.69) is 20.8 Å². The third-order valence-electron chi connectivity index (χ3n) is 2.91. The average molecular weight is 220 g/mol. The molecule has 0 aromatic heterocycles. The fraction of sp³-hybridized carbons (Fsp3) is 1.00. The first-order chi connectivity index (χ1) is 6.20. The summed E-state index contributed by atoms with van der Waals surface area (Å²) in [6, 6.07) is 0. The van der Waals surface area contributed by atoms with Crippen molar-refractivity contribution in [1.29, 1.82) is 0 Å². The van der Waals surface area contributed by atoms with Gasteiger partial charge >= 0.3 is 0 Å². The predicted octanol–water partition coefficient (Wildman–Crippen LogP) is 2.18. The van der Waals surface area contributed by atoms with Crippen molar-refractivity contribution in [2.24, 2.45) is 11.3 Å². The molecular weight excluding hydrogens is 200 g/mol. The Kier molecular flexibility index (Phi) is 3.26. The van der Waals surface area contributed by atoms with Gasteiger partial charge in [0.1, 0.15) is 0 Å². The van der Waals surface area contributed by atoms with Gasteiger partial charge < -0.3 is 0 Å². The molecule has 0 aliphatic heterocycles. The van der Waals surface area contributed by atoms with E-state index in [-0.39, 0.29) is 6.10 Å². The van der Waals surface area contributed by atoms with E-state index in [1.807, 2.05) is 0 Å². The van der Waals surface area contributed by atoms with Gasteiger partial charge in [0, 0.05) is 0 Å². The van der Waals surface area contributed by atoms with Crippen molar-refractivity contribution < 1.29 is 12.6 Å². The molecule has 4 heteroatoms. The molecule has 2 atom stereocenters.